The summed E-state index contributed by atoms with van der Waals surface area (Å²) in [4.78, 5) is 24.5. The maximum Gasteiger partial charge on any atom is 0.235 e. The summed E-state index contributed by atoms with van der Waals surface area (Å²) in [6.07, 6.45) is 4.52. The maximum atomic E-state index is 12.3. The molecule has 2 N–H and O–H groups in total. The van der Waals surface area contributed by atoms with E-state index < -0.39 is 5.41 Å². The third kappa shape index (κ3) is 4.09. The van der Waals surface area contributed by atoms with E-state index in [1.807, 2.05) is 31.2 Å². The molecule has 1 aliphatic rings. The number of unbranched alkanes of at least 4 members (excludes halogenated alkanes) is 2. The zero-order valence-corrected chi connectivity index (χ0v) is 13.6. The van der Waals surface area contributed by atoms with Crippen LogP contribution in [-0.4, -0.2) is 18.4 Å². The van der Waals surface area contributed by atoms with Gasteiger partial charge in [-0.25, -0.2) is 0 Å². The van der Waals surface area contributed by atoms with Gasteiger partial charge in [0.1, 0.15) is 5.41 Å². The lowest BCUT2D eigenvalue weighted by Gasteiger charge is -2.15. The second-order valence-corrected chi connectivity index (χ2v) is 6.21. The highest BCUT2D eigenvalue weighted by Crippen LogP contribution is 2.46. The van der Waals surface area contributed by atoms with Gasteiger partial charge >= 0.3 is 0 Å². The van der Waals surface area contributed by atoms with Crippen molar-refractivity contribution in [2.45, 2.75) is 52.5 Å². The molecule has 1 fully saturated rings. The summed E-state index contributed by atoms with van der Waals surface area (Å²) >= 11 is 0. The molecule has 1 aliphatic carbocycles. The summed E-state index contributed by atoms with van der Waals surface area (Å²) in [6.45, 7) is 5.30. The fourth-order valence-electron chi connectivity index (χ4n) is 2.49. The van der Waals surface area contributed by atoms with E-state index >= 15 is 0 Å². The predicted octanol–water partition coefficient (Wildman–Crippen LogP) is 2.70. The topological polar surface area (TPSA) is 58.2 Å². The Morgan fingerprint density at radius 2 is 1.68 bits per heavy atom. The number of carbonyl (C=O) groups excluding carboxylic acids is 2. The Morgan fingerprint density at radius 1 is 1.05 bits per heavy atom. The average molecular weight is 302 g/mol. The molecule has 2 amide bonds. The number of amides is 2. The van der Waals surface area contributed by atoms with Crippen LogP contribution in [0.4, 0.5) is 0 Å². The molecule has 0 bridgehead atoms. The minimum absolute atomic E-state index is 0.106. The van der Waals surface area contributed by atoms with E-state index in [0.29, 0.717) is 25.9 Å². The van der Waals surface area contributed by atoms with Crippen LogP contribution in [0.1, 0.15) is 50.2 Å². The molecule has 1 aromatic carbocycles. The largest absolute Gasteiger partial charge is 0.355 e. The van der Waals surface area contributed by atoms with Crippen molar-refractivity contribution in [1.29, 1.82) is 0 Å². The molecule has 4 heteroatoms. The van der Waals surface area contributed by atoms with Gasteiger partial charge in [-0.1, -0.05) is 49.6 Å². The van der Waals surface area contributed by atoms with E-state index in [-0.39, 0.29) is 11.8 Å². The molecule has 0 heterocycles. The zero-order valence-electron chi connectivity index (χ0n) is 13.6. The molecular formula is C18H26N2O2. The summed E-state index contributed by atoms with van der Waals surface area (Å²) in [6, 6.07) is 8.05. The lowest BCUT2D eigenvalue weighted by atomic mass is 10.0. The first-order valence-electron chi connectivity index (χ1n) is 8.20. The average Bonchev–Trinajstić information content (AvgIpc) is 3.32. The van der Waals surface area contributed by atoms with E-state index in [4.69, 9.17) is 0 Å². The third-order valence-electron chi connectivity index (χ3n) is 4.26. The summed E-state index contributed by atoms with van der Waals surface area (Å²) in [7, 11) is 0. The quantitative estimate of drug-likeness (QED) is 0.573. The third-order valence-corrected chi connectivity index (χ3v) is 4.26. The predicted molar refractivity (Wildman–Crippen MR) is 87.2 cm³/mol. The van der Waals surface area contributed by atoms with Crippen LogP contribution < -0.4 is 10.6 Å². The van der Waals surface area contributed by atoms with E-state index in [1.165, 1.54) is 5.56 Å². The molecule has 0 unspecified atom stereocenters. The van der Waals surface area contributed by atoms with Crippen molar-refractivity contribution in [1.82, 2.24) is 10.6 Å². The molecule has 0 spiro atoms. The van der Waals surface area contributed by atoms with Gasteiger partial charge < -0.3 is 10.6 Å². The second kappa shape index (κ2) is 7.43. The van der Waals surface area contributed by atoms with Crippen LogP contribution >= 0.6 is 0 Å². The lowest BCUT2D eigenvalue weighted by Crippen LogP contribution is -2.43. The smallest absolute Gasteiger partial charge is 0.235 e. The molecule has 0 aliphatic heterocycles. The molecule has 2 rings (SSSR count). The molecule has 120 valence electrons. The van der Waals surface area contributed by atoms with Crippen LogP contribution in [0.3, 0.4) is 0 Å². The van der Waals surface area contributed by atoms with Crippen molar-refractivity contribution in [2.24, 2.45) is 5.41 Å². The number of benzene rings is 1. The number of aryl methyl sites for hydroxylation is 1. The number of hydrogen-bond acceptors (Lipinski definition) is 2. The van der Waals surface area contributed by atoms with Crippen LogP contribution in [0.25, 0.3) is 0 Å². The van der Waals surface area contributed by atoms with E-state index in [0.717, 1.165) is 24.8 Å². The fourth-order valence-corrected chi connectivity index (χ4v) is 2.49. The summed E-state index contributed by atoms with van der Waals surface area (Å²) in [5, 5.41) is 5.81. The van der Waals surface area contributed by atoms with Gasteiger partial charge in [-0.2, -0.15) is 0 Å². The minimum Gasteiger partial charge on any atom is -0.355 e. The zero-order chi connectivity index (χ0) is 16.0. The summed E-state index contributed by atoms with van der Waals surface area (Å²) in [5.41, 5.74) is 1.44. The van der Waals surface area contributed by atoms with Crippen LogP contribution in [-0.2, 0) is 16.1 Å². The Bertz CT molecular complexity index is 518. The molecule has 0 saturated heterocycles. The van der Waals surface area contributed by atoms with Crippen molar-refractivity contribution in [2.75, 3.05) is 6.54 Å². The highest BCUT2D eigenvalue weighted by atomic mass is 16.2. The van der Waals surface area contributed by atoms with Gasteiger partial charge in [0.25, 0.3) is 0 Å². The molecule has 1 aromatic rings. The van der Waals surface area contributed by atoms with Gasteiger partial charge in [0.05, 0.1) is 0 Å². The first-order valence-corrected chi connectivity index (χ1v) is 8.20. The van der Waals surface area contributed by atoms with Gasteiger partial charge in [-0.15, -0.1) is 0 Å². The Balaban J connectivity index is 1.80. The Kier molecular flexibility index (Phi) is 5.58. The molecule has 1 saturated carbocycles. The highest BCUT2D eigenvalue weighted by Gasteiger charge is 2.56. The van der Waals surface area contributed by atoms with E-state index in [1.54, 1.807) is 0 Å². The molecule has 22 heavy (non-hydrogen) atoms. The van der Waals surface area contributed by atoms with Crippen molar-refractivity contribution in [3.8, 4) is 0 Å². The molecule has 0 atom stereocenters. The van der Waals surface area contributed by atoms with Gasteiger partial charge in [0, 0.05) is 13.1 Å². The highest BCUT2D eigenvalue weighted by molar-refractivity contribution is 6.07. The van der Waals surface area contributed by atoms with Crippen molar-refractivity contribution >= 4 is 11.8 Å². The van der Waals surface area contributed by atoms with Crippen LogP contribution in [0, 0.1) is 12.3 Å². The van der Waals surface area contributed by atoms with Crippen molar-refractivity contribution < 1.29 is 9.59 Å². The lowest BCUT2D eigenvalue weighted by molar-refractivity contribution is -0.137. The first-order chi connectivity index (χ1) is 10.6. The Morgan fingerprint density at radius 3 is 2.27 bits per heavy atom. The van der Waals surface area contributed by atoms with Crippen LogP contribution in [0.2, 0.25) is 0 Å². The van der Waals surface area contributed by atoms with Crippen LogP contribution in [0.5, 0.6) is 0 Å². The Labute approximate surface area is 132 Å². The molecule has 4 nitrogen and oxygen atoms in total. The van der Waals surface area contributed by atoms with Gasteiger partial charge in [0.2, 0.25) is 11.8 Å². The van der Waals surface area contributed by atoms with Gasteiger partial charge in [-0.3, -0.25) is 9.59 Å². The number of rotatable bonds is 8. The first kappa shape index (κ1) is 16.5. The Hall–Kier alpha value is -1.84. The fraction of sp³-hybridized carbons (Fsp3) is 0.556. The van der Waals surface area contributed by atoms with E-state index in [2.05, 4.69) is 17.6 Å². The maximum absolute atomic E-state index is 12.3. The number of carbonyl (C=O) groups is 2. The normalized spacial score (nSPS) is 15.2. The monoisotopic (exact) mass is 302 g/mol. The van der Waals surface area contributed by atoms with Crippen molar-refractivity contribution in [3.63, 3.8) is 0 Å². The minimum atomic E-state index is -0.809. The number of nitrogens with one attached hydrogen (secondary N) is 2. The van der Waals surface area contributed by atoms with Crippen molar-refractivity contribution in [3.05, 3.63) is 35.4 Å². The summed E-state index contributed by atoms with van der Waals surface area (Å²) < 4.78 is 0. The standard InChI is InChI=1S/C18H26N2O2/c1-3-4-5-12-19-16(21)18(10-11-18)17(22)20-13-15-8-6-14(2)7-9-15/h6-9H,3-5,10-13H2,1-2H3,(H,19,21)(H,20,22). The van der Waals surface area contributed by atoms with E-state index in [9.17, 15) is 9.59 Å². The number of hydrogen-bond donors (Lipinski definition) is 2. The SMILES string of the molecule is CCCCCNC(=O)C1(C(=O)NCc2ccc(C)cc2)CC1. The second-order valence-electron chi connectivity index (χ2n) is 6.21. The van der Waals surface area contributed by atoms with Gasteiger partial charge in [0.15, 0.2) is 0 Å². The van der Waals surface area contributed by atoms with Crippen LogP contribution in [0.15, 0.2) is 24.3 Å². The molecule has 0 radical (unpaired) electrons. The van der Waals surface area contributed by atoms with Gasteiger partial charge in [-0.05, 0) is 31.7 Å². The summed E-state index contributed by atoms with van der Waals surface area (Å²) in [5.74, 6) is -0.244. The molecular weight excluding hydrogens is 276 g/mol. The molecule has 0 aromatic heterocycles.